The van der Waals surface area contributed by atoms with Crippen LogP contribution < -0.4 is 10.6 Å². The lowest BCUT2D eigenvalue weighted by Gasteiger charge is -2.52. The number of aliphatic hydroxyl groups is 1. The number of unbranched alkanes of at least 4 members (excludes halogenated alkanes) is 4. The summed E-state index contributed by atoms with van der Waals surface area (Å²) < 4.78 is 0. The number of hydrogen-bond donors (Lipinski definition) is 3. The molecule has 4 rings (SSSR count). The maximum atomic E-state index is 12.9. The number of thioether (sulfide) groups is 1. The molecule has 222 valence electrons. The van der Waals surface area contributed by atoms with Crippen LogP contribution in [0.15, 0.2) is 23.1 Å². The van der Waals surface area contributed by atoms with E-state index in [1.807, 2.05) is 23.9 Å². The van der Waals surface area contributed by atoms with Crippen molar-refractivity contribution in [3.63, 3.8) is 0 Å². The van der Waals surface area contributed by atoms with E-state index in [0.29, 0.717) is 30.4 Å². The minimum atomic E-state index is -0.580. The number of carbonyl (C=O) groups excluding carboxylic acids is 3. The zero-order chi connectivity index (χ0) is 28.8. The van der Waals surface area contributed by atoms with Crippen LogP contribution in [-0.4, -0.2) is 64.6 Å². The van der Waals surface area contributed by atoms with Crippen molar-refractivity contribution in [1.82, 2.24) is 15.5 Å². The zero-order valence-corrected chi connectivity index (χ0v) is 25.5. The Bertz CT molecular complexity index is 1050. The number of aldehydes is 1. The lowest BCUT2D eigenvalue weighted by molar-refractivity contribution is -0.121. The number of carbonyl (C=O) groups is 3. The fraction of sp³-hybridized carbons (Fsp3) is 0.719. The van der Waals surface area contributed by atoms with Crippen LogP contribution in [0.3, 0.4) is 0 Å². The van der Waals surface area contributed by atoms with Crippen molar-refractivity contribution in [3.05, 3.63) is 29.3 Å². The second-order valence-electron chi connectivity index (χ2n) is 13.0. The number of nitrogens with one attached hydrogen (secondary N) is 2. The Morgan fingerprint density at radius 1 is 1.20 bits per heavy atom. The second-order valence-corrected chi connectivity index (χ2v) is 14.2. The molecule has 2 amide bonds. The van der Waals surface area contributed by atoms with Crippen molar-refractivity contribution in [2.75, 3.05) is 19.3 Å². The summed E-state index contributed by atoms with van der Waals surface area (Å²) >= 11 is 1.83. The number of benzene rings is 1. The Morgan fingerprint density at radius 2 is 1.98 bits per heavy atom. The highest BCUT2D eigenvalue weighted by Crippen LogP contribution is 2.48. The van der Waals surface area contributed by atoms with Gasteiger partial charge >= 0.3 is 0 Å². The van der Waals surface area contributed by atoms with E-state index < -0.39 is 11.6 Å². The molecular weight excluding hydrogens is 522 g/mol. The molecule has 2 saturated carbocycles. The van der Waals surface area contributed by atoms with Crippen molar-refractivity contribution in [3.8, 4) is 0 Å². The summed E-state index contributed by atoms with van der Waals surface area (Å²) in [6.45, 7) is 6.06. The minimum absolute atomic E-state index is 0.0751. The maximum Gasteiger partial charge on any atom is 0.255 e. The van der Waals surface area contributed by atoms with E-state index >= 15 is 0 Å². The normalized spacial score (nSPS) is 28.3. The molecule has 3 aliphatic rings. The van der Waals surface area contributed by atoms with Crippen molar-refractivity contribution in [2.24, 2.45) is 11.8 Å². The quantitative estimate of drug-likeness (QED) is 0.154. The smallest absolute Gasteiger partial charge is 0.255 e. The van der Waals surface area contributed by atoms with E-state index in [1.54, 1.807) is 11.9 Å². The van der Waals surface area contributed by atoms with Crippen LogP contribution in [0.25, 0.3) is 0 Å². The number of rotatable bonds is 15. The molecule has 0 radical (unpaired) electrons. The standard InChI is InChI=1S/C32H49N3O4S/c1-23-15-24-18-31(2,22-32(39,17-23)19-24)34-13-7-5-4-6-8-14-40-27-10-11-28-25(16-27)20-35(30(28)38)26(21-36)9-12-29(37)33-3/h10-11,16,21,23-24,26,34,39H,4-9,12-15,17-20,22H2,1-3H3,(H,33,37). The van der Waals surface area contributed by atoms with E-state index in [9.17, 15) is 19.5 Å². The summed E-state index contributed by atoms with van der Waals surface area (Å²) in [7, 11) is 1.57. The van der Waals surface area contributed by atoms with Crippen molar-refractivity contribution >= 4 is 29.9 Å². The van der Waals surface area contributed by atoms with Gasteiger partial charge in [-0.3, -0.25) is 9.59 Å². The molecule has 7 nitrogen and oxygen atoms in total. The van der Waals surface area contributed by atoms with Gasteiger partial charge in [-0.25, -0.2) is 0 Å². The molecule has 1 aliphatic heterocycles. The first-order chi connectivity index (χ1) is 19.1. The predicted molar refractivity (Wildman–Crippen MR) is 160 cm³/mol. The Labute approximate surface area is 244 Å². The number of fused-ring (bicyclic) bond motifs is 3. The van der Waals surface area contributed by atoms with Crippen molar-refractivity contribution < 1.29 is 19.5 Å². The molecule has 0 spiro atoms. The summed E-state index contributed by atoms with van der Waals surface area (Å²) in [4.78, 5) is 38.8. The van der Waals surface area contributed by atoms with Crippen molar-refractivity contribution in [2.45, 2.75) is 120 Å². The van der Waals surface area contributed by atoms with Gasteiger partial charge in [0.05, 0.1) is 11.6 Å². The van der Waals surface area contributed by atoms with Gasteiger partial charge in [0, 0.05) is 36.0 Å². The van der Waals surface area contributed by atoms with E-state index in [1.165, 1.54) is 38.5 Å². The first-order valence-corrected chi connectivity index (χ1v) is 16.3. The van der Waals surface area contributed by atoms with E-state index in [2.05, 4.69) is 30.5 Å². The van der Waals surface area contributed by atoms with Gasteiger partial charge in [-0.05, 0) is 106 Å². The molecule has 5 unspecified atom stereocenters. The molecule has 2 bridgehead atoms. The second kappa shape index (κ2) is 13.8. The van der Waals surface area contributed by atoms with Gasteiger partial charge in [0.15, 0.2) is 0 Å². The Balaban J connectivity index is 1.10. The minimum Gasteiger partial charge on any atom is -0.390 e. The van der Waals surface area contributed by atoms with Crippen LogP contribution in [0.5, 0.6) is 0 Å². The molecule has 2 aliphatic carbocycles. The van der Waals surface area contributed by atoms with Gasteiger partial charge in [0.25, 0.3) is 5.91 Å². The molecule has 3 N–H and O–H groups in total. The van der Waals surface area contributed by atoms with Gasteiger partial charge in [-0.15, -0.1) is 11.8 Å². The third kappa shape index (κ3) is 8.10. The number of amides is 2. The zero-order valence-electron chi connectivity index (χ0n) is 24.7. The largest absolute Gasteiger partial charge is 0.390 e. The van der Waals surface area contributed by atoms with Gasteiger partial charge in [0.2, 0.25) is 5.91 Å². The SMILES string of the molecule is CNC(=O)CCC(C=O)N1Cc2cc(SCCCCCCCNC3(C)CC4CC(C)CC(O)(C4)C3)ccc2C1=O. The lowest BCUT2D eigenvalue weighted by atomic mass is 9.60. The average Bonchev–Trinajstić information content (AvgIpc) is 3.21. The molecule has 5 atom stereocenters. The molecule has 8 heteroatoms. The highest BCUT2D eigenvalue weighted by Gasteiger charge is 2.48. The summed E-state index contributed by atoms with van der Waals surface area (Å²) in [5, 5.41) is 17.5. The Morgan fingerprint density at radius 3 is 2.73 bits per heavy atom. The molecule has 1 heterocycles. The maximum absolute atomic E-state index is 12.9. The predicted octanol–water partition coefficient (Wildman–Crippen LogP) is 5.09. The monoisotopic (exact) mass is 571 g/mol. The summed E-state index contributed by atoms with van der Waals surface area (Å²) in [5.74, 6) is 2.11. The van der Waals surface area contributed by atoms with Gasteiger partial charge < -0.3 is 25.4 Å². The van der Waals surface area contributed by atoms with E-state index in [0.717, 1.165) is 54.7 Å². The molecule has 1 aromatic rings. The summed E-state index contributed by atoms with van der Waals surface area (Å²) in [5.41, 5.74) is 1.25. The lowest BCUT2D eigenvalue weighted by Crippen LogP contribution is -2.57. The first kappa shape index (κ1) is 31.0. The first-order valence-electron chi connectivity index (χ1n) is 15.3. The third-order valence-electron chi connectivity index (χ3n) is 9.14. The third-order valence-corrected chi connectivity index (χ3v) is 10.2. The molecule has 2 fully saturated rings. The molecular formula is C32H49N3O4S. The fourth-order valence-corrected chi connectivity index (χ4v) is 8.57. The molecule has 0 aromatic heterocycles. The molecule has 40 heavy (non-hydrogen) atoms. The topological polar surface area (TPSA) is 98.7 Å². The van der Waals surface area contributed by atoms with Gasteiger partial charge in [0.1, 0.15) is 6.29 Å². The van der Waals surface area contributed by atoms with Crippen LogP contribution in [-0.2, 0) is 16.1 Å². The van der Waals surface area contributed by atoms with Gasteiger partial charge in [-0.1, -0.05) is 26.2 Å². The van der Waals surface area contributed by atoms with Crippen LogP contribution in [0.4, 0.5) is 0 Å². The van der Waals surface area contributed by atoms with E-state index in [-0.39, 0.29) is 23.8 Å². The van der Waals surface area contributed by atoms with Crippen LogP contribution in [0.2, 0.25) is 0 Å². The Kier molecular flexibility index (Phi) is 10.7. The molecule has 1 aromatic carbocycles. The average molecular weight is 572 g/mol. The summed E-state index contributed by atoms with van der Waals surface area (Å²) in [6, 6.07) is 5.39. The fourth-order valence-electron chi connectivity index (χ4n) is 7.59. The highest BCUT2D eigenvalue weighted by atomic mass is 32.2. The number of hydrogen-bond acceptors (Lipinski definition) is 6. The van der Waals surface area contributed by atoms with Gasteiger partial charge in [-0.2, -0.15) is 0 Å². The Hall–Kier alpha value is -1.90. The molecule has 0 saturated heterocycles. The summed E-state index contributed by atoms with van der Waals surface area (Å²) in [6.07, 6.45) is 12.7. The van der Waals surface area contributed by atoms with Crippen LogP contribution in [0.1, 0.15) is 107 Å². The number of nitrogens with zero attached hydrogens (tertiary/aromatic N) is 1. The van der Waals surface area contributed by atoms with E-state index in [4.69, 9.17) is 0 Å². The van der Waals surface area contributed by atoms with Crippen LogP contribution in [0, 0.1) is 11.8 Å². The highest BCUT2D eigenvalue weighted by molar-refractivity contribution is 7.99. The van der Waals surface area contributed by atoms with Crippen molar-refractivity contribution in [1.29, 1.82) is 0 Å². The van der Waals surface area contributed by atoms with Crippen LogP contribution >= 0.6 is 11.8 Å².